The Bertz CT molecular complexity index is 5820. The van der Waals surface area contributed by atoms with Gasteiger partial charge in [-0.3, -0.25) is 19.2 Å². The number of nitrogens with zero attached hydrogens (tertiary/aromatic N) is 12. The van der Waals surface area contributed by atoms with Crippen LogP contribution in [-0.2, 0) is 66.3 Å². The van der Waals surface area contributed by atoms with Gasteiger partial charge in [0.2, 0.25) is 23.8 Å². The van der Waals surface area contributed by atoms with Crippen molar-refractivity contribution >= 4 is 116 Å². The topological polar surface area (TPSA) is 433 Å². The number of thiazole rings is 4. The molecule has 140 heavy (non-hydrogen) atoms. The second kappa shape index (κ2) is 40.1. The summed E-state index contributed by atoms with van der Waals surface area (Å²) in [4.78, 5) is 97.0. The van der Waals surface area contributed by atoms with Gasteiger partial charge in [-0.05, 0) is 244 Å². The van der Waals surface area contributed by atoms with E-state index in [1.54, 1.807) is 73.3 Å². The lowest BCUT2D eigenvalue weighted by Crippen LogP contribution is -2.44. The van der Waals surface area contributed by atoms with E-state index in [1.807, 2.05) is 107 Å². The molecule has 4 aliphatic carbocycles. The van der Waals surface area contributed by atoms with E-state index in [0.717, 1.165) is 113 Å². The van der Waals surface area contributed by atoms with Gasteiger partial charge in [-0.2, -0.15) is 52.7 Å². The molecule has 744 valence electrons. The predicted molar refractivity (Wildman–Crippen MR) is 501 cm³/mol. The largest absolute Gasteiger partial charge is 0.481 e. The molecule has 0 unspecified atom stereocenters. The number of carbonyl (C=O) groups is 4. The highest BCUT2D eigenvalue weighted by Crippen LogP contribution is 2.57. The summed E-state index contributed by atoms with van der Waals surface area (Å²) in [6, 6.07) is 24.9. The molecule has 28 nitrogen and oxygen atoms in total. The van der Waals surface area contributed by atoms with Crippen LogP contribution in [0.15, 0.2) is 147 Å². The summed E-state index contributed by atoms with van der Waals surface area (Å²) in [6.07, 6.45) is -3.82. The van der Waals surface area contributed by atoms with Crippen LogP contribution in [0.3, 0.4) is 0 Å². The molecule has 44 heteroatoms. The summed E-state index contributed by atoms with van der Waals surface area (Å²) >= 11 is 5.26. The van der Waals surface area contributed by atoms with Gasteiger partial charge in [-0.15, -0.1) is 45.3 Å². The van der Waals surface area contributed by atoms with Gasteiger partial charge in [-0.25, -0.2) is 59.8 Å². The van der Waals surface area contributed by atoms with Crippen molar-refractivity contribution in [2.45, 2.75) is 207 Å². The number of carboxylic acid groups (broad SMARTS) is 4. The maximum Gasteiger partial charge on any atom is 0.433 e. The molecule has 0 radical (unpaired) electrons. The molecular weight excluding hydrogens is 1930 g/mol. The van der Waals surface area contributed by atoms with Crippen molar-refractivity contribution in [3.8, 4) is 41.8 Å². The average Bonchev–Trinajstić information content (AvgIpc) is 1.47. The third kappa shape index (κ3) is 25.0. The summed E-state index contributed by atoms with van der Waals surface area (Å²) < 4.78 is 156. The Kier molecular flexibility index (Phi) is 30.1. The number of hydrogen-bond acceptors (Lipinski definition) is 28. The van der Waals surface area contributed by atoms with Gasteiger partial charge in [0.25, 0.3) is 0 Å². The Morgan fingerprint density at radius 3 is 0.657 bits per heavy atom. The lowest BCUT2D eigenvalue weighted by atomic mass is 9.63. The number of rotatable bonds is 20. The monoisotopic (exact) mass is 2020 g/mol. The highest BCUT2D eigenvalue weighted by Gasteiger charge is 2.54. The van der Waals surface area contributed by atoms with E-state index >= 15 is 0 Å². The molecule has 12 aromatic rings. The number of aromatic nitrogens is 12. The Morgan fingerprint density at radius 2 is 0.493 bits per heavy atom. The van der Waals surface area contributed by atoms with Gasteiger partial charge in [-0.1, -0.05) is 79.7 Å². The van der Waals surface area contributed by atoms with Crippen LogP contribution in [0.25, 0.3) is 41.8 Å². The van der Waals surface area contributed by atoms with E-state index in [2.05, 4.69) is 81.1 Å². The lowest BCUT2D eigenvalue weighted by Gasteiger charge is -2.44. The third-order valence-corrected chi connectivity index (χ3v) is 30.2. The number of aryl methyl sites for hydroxylation is 4. The lowest BCUT2D eigenvalue weighted by molar-refractivity contribution is -0.155. The first kappa shape index (κ1) is 105. The first-order chi connectivity index (χ1) is 65.1. The van der Waals surface area contributed by atoms with Crippen molar-refractivity contribution in [3.63, 3.8) is 0 Å². The summed E-state index contributed by atoms with van der Waals surface area (Å²) in [5.41, 5.74) is -2.93. The fourth-order valence-electron chi connectivity index (χ4n) is 18.8. The molecule has 8 heterocycles. The van der Waals surface area contributed by atoms with Crippen molar-refractivity contribution in [2.75, 3.05) is 21.3 Å². The third-order valence-electron chi connectivity index (χ3n) is 25.2. The van der Waals surface area contributed by atoms with Crippen LogP contribution in [0.5, 0.6) is 0 Å². The zero-order chi connectivity index (χ0) is 102. The number of anilines is 8. The zero-order valence-corrected chi connectivity index (χ0v) is 80.7. The Balaban J connectivity index is 0.000000157. The van der Waals surface area contributed by atoms with Crippen LogP contribution in [-0.4, -0.2) is 125 Å². The van der Waals surface area contributed by atoms with E-state index in [0.29, 0.717) is 94.1 Å². The number of benzene rings is 4. The molecule has 8 atom stereocenters. The molecule has 4 aromatic carbocycles. The molecule has 8 aromatic heterocycles. The molecule has 0 aliphatic heterocycles. The standard InChI is InChI=1S/4C24H25F3N4O3S/c4*1-13-8-14(10-15(9-13)30-21-28-7-5-18(31-21)24(25,26)27)17-11-29-20(35-17)23(34)6-4-16(19(32)33)22(2,3)12-23/h4*5,7-11,16,34H,4,6,12H2,1-3H3,(H,32,33)(H,28,30,31)/t2*16-,23+;2*16-,23-/m1010/s1. The van der Waals surface area contributed by atoms with Gasteiger partial charge >= 0.3 is 48.6 Å². The van der Waals surface area contributed by atoms with E-state index in [9.17, 15) is 113 Å². The van der Waals surface area contributed by atoms with E-state index in [1.165, 1.54) is 45.3 Å². The van der Waals surface area contributed by atoms with Crippen molar-refractivity contribution in [2.24, 2.45) is 45.3 Å². The van der Waals surface area contributed by atoms with Gasteiger partial charge in [0.1, 0.15) is 65.2 Å². The van der Waals surface area contributed by atoms with Gasteiger partial charge in [0.15, 0.2) is 0 Å². The van der Waals surface area contributed by atoms with E-state index in [4.69, 9.17) is 0 Å². The first-order valence-corrected chi connectivity index (χ1v) is 47.2. The number of aliphatic carboxylic acids is 4. The van der Waals surface area contributed by atoms with Crippen molar-refractivity contribution in [1.29, 1.82) is 0 Å². The smallest absolute Gasteiger partial charge is 0.433 e. The Morgan fingerprint density at radius 1 is 0.307 bits per heavy atom. The van der Waals surface area contributed by atoms with Gasteiger partial charge < -0.3 is 62.1 Å². The molecule has 4 saturated carbocycles. The fourth-order valence-corrected chi connectivity index (χ4v) is 22.9. The number of hydrogen-bond donors (Lipinski definition) is 12. The van der Waals surface area contributed by atoms with Crippen molar-refractivity contribution < 1.29 is 113 Å². The Hall–Kier alpha value is -12.2. The van der Waals surface area contributed by atoms with Crippen LogP contribution >= 0.6 is 45.3 Å². The number of aliphatic hydroxyl groups is 4. The molecule has 4 fully saturated rings. The van der Waals surface area contributed by atoms with Crippen molar-refractivity contribution in [1.82, 2.24) is 59.8 Å². The van der Waals surface area contributed by atoms with Crippen LogP contribution in [0, 0.1) is 73.0 Å². The minimum atomic E-state index is -4.57. The van der Waals surface area contributed by atoms with Crippen LogP contribution in [0.1, 0.15) is 197 Å². The summed E-state index contributed by atoms with van der Waals surface area (Å²) in [6.45, 7) is 22.2. The molecule has 16 rings (SSSR count). The Labute approximate surface area is 810 Å². The molecular formula is C96H100F12N16O12S4. The second-order valence-corrected chi connectivity index (χ2v) is 42.7. The SMILES string of the molecule is Cc1cc(Nc2nccc(C(F)(F)F)n2)cc(-c2cnc([C@@]3(O)CC[C@@H](C(=O)O)C(C)(C)C3)s2)c1.Cc1cc(Nc2nccc(C(F)(F)F)n2)cc(-c2cnc([C@@]3(O)CC[C@H](C(=O)O)C(C)(C)C3)s2)c1.Cc1cc(Nc2nccc(C(F)(F)F)n2)cc(-c2cnc([C@]3(O)CC[C@@H](C(=O)O)C(C)(C)C3)s2)c1.Cc1cc(Nc2nccc(C(F)(F)F)n2)cc(-c2cnc([C@]3(O)CC[C@H](C(=O)O)C(C)(C)C3)s2)c1. The number of alkyl halides is 12. The summed E-state index contributed by atoms with van der Waals surface area (Å²) in [5, 5.41) is 96.9. The molecule has 0 spiro atoms. The van der Waals surface area contributed by atoms with E-state index in [-0.39, 0.29) is 49.5 Å². The van der Waals surface area contributed by atoms with Crippen LogP contribution in [0.4, 0.5) is 99.2 Å². The van der Waals surface area contributed by atoms with Gasteiger partial charge in [0.05, 0.1) is 43.2 Å². The minimum Gasteiger partial charge on any atom is -0.481 e. The zero-order valence-electron chi connectivity index (χ0n) is 77.4. The first-order valence-electron chi connectivity index (χ1n) is 43.9. The highest BCUT2D eigenvalue weighted by atomic mass is 32.1. The predicted octanol–water partition coefficient (Wildman–Crippen LogP) is 23.1. The molecule has 0 bridgehead atoms. The van der Waals surface area contributed by atoms with E-state index < -0.39 is 139 Å². The van der Waals surface area contributed by atoms with Crippen molar-refractivity contribution in [3.05, 3.63) is 212 Å². The average molecular weight is 2030 g/mol. The molecule has 0 amide bonds. The quantitative estimate of drug-likeness (QED) is 0.0315. The number of carboxylic acids is 4. The maximum absolute atomic E-state index is 13.0. The summed E-state index contributed by atoms with van der Waals surface area (Å²) in [5.74, 6) is -6.28. The minimum absolute atomic E-state index is 0.173. The van der Waals surface area contributed by atoms with Gasteiger partial charge in [0, 0.05) is 72.3 Å². The number of halogens is 12. The van der Waals surface area contributed by atoms with Crippen LogP contribution < -0.4 is 21.3 Å². The molecule has 12 N–H and O–H groups in total. The normalized spacial score (nSPS) is 22.1. The second-order valence-electron chi connectivity index (χ2n) is 38.5. The summed E-state index contributed by atoms with van der Waals surface area (Å²) in [7, 11) is 0. The molecule has 0 saturated heterocycles. The maximum atomic E-state index is 13.0. The van der Waals surface area contributed by atoms with Crippen LogP contribution in [0.2, 0.25) is 0 Å². The highest BCUT2D eigenvalue weighted by molar-refractivity contribution is 7.16. The number of nitrogens with one attached hydrogen (secondary N) is 4. The fraction of sp³-hybridized carbons (Fsp3) is 0.417. The molecule has 4 aliphatic rings.